The van der Waals surface area contributed by atoms with E-state index in [1.807, 2.05) is 17.5 Å². The van der Waals surface area contributed by atoms with Gasteiger partial charge in [-0.2, -0.15) is 0 Å². The van der Waals surface area contributed by atoms with Gasteiger partial charge in [-0.15, -0.1) is 11.3 Å². The Morgan fingerprint density at radius 3 is 2.58 bits per heavy atom. The SMILES string of the molecule is CC(=O)Nc1nc(-c2ccc(-n3c(Cl)cc4[nH]c(=O)n(-c5ccc6c(c5)OCO6)c(=O)c43)cc2)cs1. The third-order valence-electron chi connectivity index (χ3n) is 5.63. The van der Waals surface area contributed by atoms with Crippen molar-refractivity contribution < 1.29 is 14.3 Å². The van der Waals surface area contributed by atoms with E-state index in [4.69, 9.17) is 21.1 Å². The molecule has 3 aromatic heterocycles. The van der Waals surface area contributed by atoms with Crippen molar-refractivity contribution in [2.75, 3.05) is 12.1 Å². The van der Waals surface area contributed by atoms with Gasteiger partial charge in [-0.3, -0.25) is 14.2 Å². The molecule has 12 heteroatoms. The number of halogens is 1. The van der Waals surface area contributed by atoms with Crippen LogP contribution in [0.5, 0.6) is 11.5 Å². The summed E-state index contributed by atoms with van der Waals surface area (Å²) >= 11 is 7.84. The average Bonchev–Trinajstić information content (AvgIpc) is 3.57. The number of nitrogens with zero attached hydrogens (tertiary/aromatic N) is 3. The summed E-state index contributed by atoms with van der Waals surface area (Å²) in [6.07, 6.45) is 0. The summed E-state index contributed by atoms with van der Waals surface area (Å²) in [5, 5.41) is 5.27. The van der Waals surface area contributed by atoms with Crippen LogP contribution in [0, 0.1) is 0 Å². The zero-order chi connectivity index (χ0) is 25.0. The maximum Gasteiger partial charge on any atom is 0.333 e. The van der Waals surface area contributed by atoms with Crippen molar-refractivity contribution in [3.63, 3.8) is 0 Å². The molecule has 2 aromatic carbocycles. The second-order valence-corrected chi connectivity index (χ2v) is 9.18. The van der Waals surface area contributed by atoms with Crippen LogP contribution in [0.1, 0.15) is 6.92 Å². The summed E-state index contributed by atoms with van der Waals surface area (Å²) in [5.41, 5.74) is 1.88. The Morgan fingerprint density at radius 2 is 1.81 bits per heavy atom. The van der Waals surface area contributed by atoms with Gasteiger partial charge < -0.3 is 19.8 Å². The second-order valence-electron chi connectivity index (χ2n) is 7.94. The van der Waals surface area contributed by atoms with Gasteiger partial charge in [0.15, 0.2) is 16.6 Å². The highest BCUT2D eigenvalue weighted by atomic mass is 35.5. The number of benzene rings is 2. The molecular formula is C24H16ClN5O5S. The molecule has 6 rings (SSSR count). The number of ether oxygens (including phenoxy) is 2. The van der Waals surface area contributed by atoms with Gasteiger partial charge in [-0.1, -0.05) is 23.7 Å². The molecule has 4 heterocycles. The molecule has 0 fully saturated rings. The topological polar surface area (TPSA) is 120 Å². The predicted octanol–water partition coefficient (Wildman–Crippen LogP) is 3.93. The molecule has 0 saturated heterocycles. The van der Waals surface area contributed by atoms with Gasteiger partial charge in [0, 0.05) is 29.6 Å². The Labute approximate surface area is 211 Å². The molecule has 2 N–H and O–H groups in total. The number of aromatic amines is 1. The molecule has 0 bridgehead atoms. The molecule has 1 aliphatic rings. The molecule has 0 aliphatic carbocycles. The minimum absolute atomic E-state index is 0.0764. The standard InChI is InChI=1S/C24H16ClN5O5S/c1-12(31)26-23-27-17(10-36-23)13-2-4-14(5-3-13)29-20(25)9-16-21(29)22(32)30(24(33)28-16)15-6-7-18-19(8-15)35-11-34-18/h2-10H,11H2,1H3,(H,28,33)(H,26,27,31). The number of rotatable bonds is 4. The molecule has 0 saturated carbocycles. The first-order valence-corrected chi connectivity index (χ1v) is 11.9. The van der Waals surface area contributed by atoms with Gasteiger partial charge in [-0.05, 0) is 30.3 Å². The van der Waals surface area contributed by atoms with E-state index in [0.717, 1.165) is 10.1 Å². The fraction of sp³-hybridized carbons (Fsp3) is 0.0833. The van der Waals surface area contributed by atoms with Crippen molar-refractivity contribution in [2.45, 2.75) is 6.92 Å². The highest BCUT2D eigenvalue weighted by Gasteiger charge is 2.20. The molecule has 0 radical (unpaired) electrons. The van der Waals surface area contributed by atoms with Crippen LogP contribution in [0.2, 0.25) is 5.15 Å². The maximum atomic E-state index is 13.6. The van der Waals surface area contributed by atoms with Crippen molar-refractivity contribution in [2.24, 2.45) is 0 Å². The lowest BCUT2D eigenvalue weighted by atomic mass is 10.1. The van der Waals surface area contributed by atoms with E-state index >= 15 is 0 Å². The summed E-state index contributed by atoms with van der Waals surface area (Å²) in [6, 6.07) is 13.7. The molecule has 1 aliphatic heterocycles. The number of fused-ring (bicyclic) bond motifs is 2. The summed E-state index contributed by atoms with van der Waals surface area (Å²) in [7, 11) is 0. The Hall–Kier alpha value is -4.35. The third-order valence-corrected chi connectivity index (χ3v) is 6.66. The number of amides is 1. The van der Waals surface area contributed by atoms with Crippen LogP contribution in [0.25, 0.3) is 33.7 Å². The summed E-state index contributed by atoms with van der Waals surface area (Å²) in [5.74, 6) is 0.802. The lowest BCUT2D eigenvalue weighted by Crippen LogP contribution is -2.34. The number of anilines is 1. The van der Waals surface area contributed by atoms with Crippen molar-refractivity contribution in [1.82, 2.24) is 19.1 Å². The van der Waals surface area contributed by atoms with E-state index in [0.29, 0.717) is 39.2 Å². The number of aromatic nitrogens is 4. The molecule has 0 spiro atoms. The maximum absolute atomic E-state index is 13.6. The lowest BCUT2D eigenvalue weighted by molar-refractivity contribution is -0.114. The summed E-state index contributed by atoms with van der Waals surface area (Å²) in [4.78, 5) is 44.8. The highest BCUT2D eigenvalue weighted by Crippen LogP contribution is 2.33. The molecule has 180 valence electrons. The molecule has 0 atom stereocenters. The van der Waals surface area contributed by atoms with E-state index in [2.05, 4.69) is 15.3 Å². The normalized spacial score (nSPS) is 12.3. The van der Waals surface area contributed by atoms with Gasteiger partial charge in [0.2, 0.25) is 12.7 Å². The van der Waals surface area contributed by atoms with E-state index in [9.17, 15) is 14.4 Å². The second kappa shape index (κ2) is 8.40. The van der Waals surface area contributed by atoms with Crippen molar-refractivity contribution >= 4 is 45.0 Å². The van der Waals surface area contributed by atoms with Gasteiger partial charge in [0.05, 0.1) is 16.9 Å². The Morgan fingerprint density at radius 1 is 1.06 bits per heavy atom. The number of carbonyl (C=O) groups excluding carboxylic acids is 1. The van der Waals surface area contributed by atoms with Crippen molar-refractivity contribution in [3.8, 4) is 34.1 Å². The largest absolute Gasteiger partial charge is 0.454 e. The van der Waals surface area contributed by atoms with Crippen molar-refractivity contribution in [3.05, 3.63) is 79.9 Å². The molecule has 36 heavy (non-hydrogen) atoms. The zero-order valence-electron chi connectivity index (χ0n) is 18.6. The first kappa shape index (κ1) is 22.1. The Kier molecular flexibility index (Phi) is 5.16. The van der Waals surface area contributed by atoms with E-state index in [-0.39, 0.29) is 23.4 Å². The van der Waals surface area contributed by atoms with Crippen LogP contribution in [-0.2, 0) is 4.79 Å². The smallest absolute Gasteiger partial charge is 0.333 e. The van der Waals surface area contributed by atoms with Crippen LogP contribution in [0.4, 0.5) is 5.13 Å². The first-order valence-electron chi connectivity index (χ1n) is 10.7. The van der Waals surface area contributed by atoms with Crippen LogP contribution in [0.15, 0.2) is 63.5 Å². The molecule has 0 unspecified atom stereocenters. The van der Waals surface area contributed by atoms with Gasteiger partial charge in [-0.25, -0.2) is 14.3 Å². The predicted molar refractivity (Wildman–Crippen MR) is 136 cm³/mol. The van der Waals surface area contributed by atoms with Crippen LogP contribution < -0.4 is 26.0 Å². The number of carbonyl (C=O) groups is 1. The fourth-order valence-corrected chi connectivity index (χ4v) is 5.12. The quantitative estimate of drug-likeness (QED) is 0.370. The minimum Gasteiger partial charge on any atom is -0.454 e. The highest BCUT2D eigenvalue weighted by molar-refractivity contribution is 7.14. The number of hydrogen-bond acceptors (Lipinski definition) is 7. The van der Waals surface area contributed by atoms with E-state index in [1.54, 1.807) is 34.9 Å². The first-order chi connectivity index (χ1) is 17.4. The zero-order valence-corrected chi connectivity index (χ0v) is 20.1. The van der Waals surface area contributed by atoms with E-state index < -0.39 is 11.2 Å². The Balaban J connectivity index is 1.44. The number of H-pyrrole nitrogens is 1. The summed E-state index contributed by atoms with van der Waals surface area (Å²) in [6.45, 7) is 1.50. The van der Waals surface area contributed by atoms with Gasteiger partial charge in [0.1, 0.15) is 10.7 Å². The molecule has 10 nitrogen and oxygen atoms in total. The van der Waals surface area contributed by atoms with Gasteiger partial charge in [0.25, 0.3) is 5.56 Å². The third kappa shape index (κ3) is 3.65. The lowest BCUT2D eigenvalue weighted by Gasteiger charge is -2.10. The van der Waals surface area contributed by atoms with Crippen LogP contribution >= 0.6 is 22.9 Å². The van der Waals surface area contributed by atoms with Crippen LogP contribution in [-0.4, -0.2) is 31.8 Å². The van der Waals surface area contributed by atoms with Crippen molar-refractivity contribution in [1.29, 1.82) is 0 Å². The van der Waals surface area contributed by atoms with E-state index in [1.165, 1.54) is 24.3 Å². The Bertz CT molecular complexity index is 1780. The molecule has 1 amide bonds. The molecule has 5 aromatic rings. The van der Waals surface area contributed by atoms with Crippen LogP contribution in [0.3, 0.4) is 0 Å². The fourth-order valence-electron chi connectivity index (χ4n) is 4.06. The average molecular weight is 522 g/mol. The summed E-state index contributed by atoms with van der Waals surface area (Å²) < 4.78 is 13.3. The molecular weight excluding hydrogens is 506 g/mol. The number of hydrogen-bond donors (Lipinski definition) is 2. The minimum atomic E-state index is -0.603. The number of nitrogens with one attached hydrogen (secondary N) is 2. The number of thiazole rings is 1. The van der Waals surface area contributed by atoms with Gasteiger partial charge >= 0.3 is 5.69 Å². The monoisotopic (exact) mass is 521 g/mol.